The number of aliphatic hydroxyl groups is 1. The molecule has 2 heterocycles. The summed E-state index contributed by atoms with van der Waals surface area (Å²) >= 11 is 0. The Morgan fingerprint density at radius 3 is 2.67 bits per heavy atom. The maximum atomic E-state index is 11.3. The van der Waals surface area contributed by atoms with E-state index in [0.29, 0.717) is 24.2 Å². The Hall–Kier alpha value is -2.22. The van der Waals surface area contributed by atoms with Crippen LogP contribution in [-0.4, -0.2) is 46.6 Å². The van der Waals surface area contributed by atoms with Gasteiger partial charge in [-0.05, 0) is 20.3 Å². The SMILES string of the molecule is CCn1cc(-c2c(C(=O)O)nnn2CC(C)(O)CC)cn1. The van der Waals surface area contributed by atoms with Gasteiger partial charge < -0.3 is 10.2 Å². The number of carboxylic acids is 1. The van der Waals surface area contributed by atoms with Crippen molar-refractivity contribution >= 4 is 5.97 Å². The molecule has 2 N–H and O–H groups in total. The Labute approximate surface area is 122 Å². The summed E-state index contributed by atoms with van der Waals surface area (Å²) in [6, 6.07) is 0. The zero-order valence-corrected chi connectivity index (χ0v) is 12.3. The van der Waals surface area contributed by atoms with Gasteiger partial charge in [0.1, 0.15) is 5.69 Å². The van der Waals surface area contributed by atoms with Gasteiger partial charge in [0.2, 0.25) is 0 Å². The Balaban J connectivity index is 2.50. The molecular weight excluding hydrogens is 274 g/mol. The number of aromatic nitrogens is 5. The first-order chi connectivity index (χ1) is 9.88. The summed E-state index contributed by atoms with van der Waals surface area (Å²) in [6.07, 6.45) is 3.83. The molecule has 0 aliphatic rings. The third-order valence-corrected chi connectivity index (χ3v) is 3.42. The molecule has 0 fully saturated rings. The molecule has 0 saturated heterocycles. The molecule has 2 rings (SSSR count). The van der Waals surface area contributed by atoms with Crippen LogP contribution in [0.4, 0.5) is 0 Å². The van der Waals surface area contributed by atoms with E-state index in [9.17, 15) is 15.0 Å². The topological polar surface area (TPSA) is 106 Å². The molecule has 0 radical (unpaired) electrons. The minimum absolute atomic E-state index is 0.141. The molecule has 0 aromatic carbocycles. The summed E-state index contributed by atoms with van der Waals surface area (Å²) in [7, 11) is 0. The van der Waals surface area contributed by atoms with Crippen molar-refractivity contribution < 1.29 is 15.0 Å². The van der Waals surface area contributed by atoms with Crippen LogP contribution in [0.2, 0.25) is 0 Å². The van der Waals surface area contributed by atoms with E-state index in [1.165, 1.54) is 4.68 Å². The first-order valence-electron chi connectivity index (χ1n) is 6.80. The van der Waals surface area contributed by atoms with Gasteiger partial charge in [0, 0.05) is 18.3 Å². The molecule has 0 bridgehead atoms. The number of aryl methyl sites for hydroxylation is 1. The molecule has 21 heavy (non-hydrogen) atoms. The summed E-state index contributed by atoms with van der Waals surface area (Å²) in [5.74, 6) is -1.16. The van der Waals surface area contributed by atoms with E-state index in [2.05, 4.69) is 15.4 Å². The largest absolute Gasteiger partial charge is 0.476 e. The Kier molecular flexibility index (Phi) is 4.08. The van der Waals surface area contributed by atoms with Crippen LogP contribution in [0.15, 0.2) is 12.4 Å². The number of rotatable bonds is 6. The molecule has 8 heteroatoms. The van der Waals surface area contributed by atoms with Crippen molar-refractivity contribution in [1.82, 2.24) is 24.8 Å². The Bertz CT molecular complexity index is 644. The van der Waals surface area contributed by atoms with Crippen molar-refractivity contribution in [3.8, 4) is 11.3 Å². The second-order valence-electron chi connectivity index (χ2n) is 5.18. The molecule has 0 saturated carbocycles. The van der Waals surface area contributed by atoms with E-state index in [1.54, 1.807) is 24.0 Å². The lowest BCUT2D eigenvalue weighted by Crippen LogP contribution is -2.30. The van der Waals surface area contributed by atoms with Crippen LogP contribution in [0, 0.1) is 0 Å². The van der Waals surface area contributed by atoms with E-state index >= 15 is 0 Å². The van der Waals surface area contributed by atoms with Crippen LogP contribution in [0.1, 0.15) is 37.7 Å². The minimum Gasteiger partial charge on any atom is -0.476 e. The molecule has 2 aromatic rings. The molecule has 0 amide bonds. The van der Waals surface area contributed by atoms with E-state index < -0.39 is 11.6 Å². The fraction of sp³-hybridized carbons (Fsp3) is 0.538. The number of carbonyl (C=O) groups is 1. The quantitative estimate of drug-likeness (QED) is 0.823. The first kappa shape index (κ1) is 15.2. The number of hydrogen-bond donors (Lipinski definition) is 2. The summed E-state index contributed by atoms with van der Waals surface area (Å²) in [5, 5.41) is 31.2. The second-order valence-corrected chi connectivity index (χ2v) is 5.18. The van der Waals surface area contributed by atoms with E-state index in [-0.39, 0.29) is 12.2 Å². The van der Waals surface area contributed by atoms with Crippen LogP contribution < -0.4 is 0 Å². The van der Waals surface area contributed by atoms with Gasteiger partial charge in [-0.2, -0.15) is 5.10 Å². The minimum atomic E-state index is -1.16. The van der Waals surface area contributed by atoms with Crippen molar-refractivity contribution in [2.75, 3.05) is 0 Å². The highest BCUT2D eigenvalue weighted by Gasteiger charge is 2.26. The Morgan fingerprint density at radius 1 is 1.43 bits per heavy atom. The Morgan fingerprint density at radius 2 is 2.14 bits per heavy atom. The summed E-state index contributed by atoms with van der Waals surface area (Å²) < 4.78 is 3.11. The fourth-order valence-corrected chi connectivity index (χ4v) is 1.95. The van der Waals surface area contributed by atoms with Crippen molar-refractivity contribution in [1.29, 1.82) is 0 Å². The molecule has 0 aliphatic carbocycles. The van der Waals surface area contributed by atoms with Gasteiger partial charge in [-0.3, -0.25) is 4.68 Å². The van der Waals surface area contributed by atoms with Crippen molar-refractivity contribution in [2.24, 2.45) is 0 Å². The zero-order chi connectivity index (χ0) is 15.6. The molecule has 0 spiro atoms. The van der Waals surface area contributed by atoms with Crippen LogP contribution >= 0.6 is 0 Å². The summed E-state index contributed by atoms with van der Waals surface area (Å²) in [4.78, 5) is 11.3. The van der Waals surface area contributed by atoms with Gasteiger partial charge in [0.25, 0.3) is 0 Å². The maximum absolute atomic E-state index is 11.3. The predicted octanol–water partition coefficient (Wildman–Crippen LogP) is 1.02. The van der Waals surface area contributed by atoms with Crippen LogP contribution in [0.5, 0.6) is 0 Å². The molecule has 0 aliphatic heterocycles. The van der Waals surface area contributed by atoms with Gasteiger partial charge in [0.05, 0.1) is 18.3 Å². The highest BCUT2D eigenvalue weighted by molar-refractivity contribution is 5.92. The average Bonchev–Trinajstić information content (AvgIpc) is 3.04. The molecule has 2 aromatic heterocycles. The number of carboxylic acid groups (broad SMARTS) is 1. The van der Waals surface area contributed by atoms with Gasteiger partial charge in [-0.25, -0.2) is 9.48 Å². The van der Waals surface area contributed by atoms with Gasteiger partial charge in [-0.15, -0.1) is 5.10 Å². The smallest absolute Gasteiger partial charge is 0.358 e. The average molecular weight is 293 g/mol. The lowest BCUT2D eigenvalue weighted by Gasteiger charge is -2.21. The molecule has 114 valence electrons. The number of nitrogens with zero attached hydrogens (tertiary/aromatic N) is 5. The van der Waals surface area contributed by atoms with Crippen LogP contribution in [-0.2, 0) is 13.1 Å². The van der Waals surface area contributed by atoms with Gasteiger partial charge in [-0.1, -0.05) is 12.1 Å². The molecule has 1 unspecified atom stereocenters. The van der Waals surface area contributed by atoms with Crippen molar-refractivity contribution in [2.45, 2.75) is 45.9 Å². The van der Waals surface area contributed by atoms with Crippen molar-refractivity contribution in [3.05, 3.63) is 18.1 Å². The monoisotopic (exact) mass is 293 g/mol. The second kappa shape index (κ2) is 5.65. The third-order valence-electron chi connectivity index (χ3n) is 3.42. The molecular formula is C13H19N5O3. The van der Waals surface area contributed by atoms with E-state index in [0.717, 1.165) is 0 Å². The standard InChI is InChI=1S/C13H19N5O3/c1-4-13(3,21)8-18-11(10(12(19)20)15-16-18)9-6-14-17(5-2)7-9/h6-7,21H,4-5,8H2,1-3H3,(H,19,20). The highest BCUT2D eigenvalue weighted by atomic mass is 16.4. The zero-order valence-electron chi connectivity index (χ0n) is 12.3. The number of aromatic carboxylic acids is 1. The van der Waals surface area contributed by atoms with Gasteiger partial charge in [0.15, 0.2) is 5.69 Å². The van der Waals surface area contributed by atoms with E-state index in [4.69, 9.17) is 0 Å². The molecule has 1 atom stereocenters. The maximum Gasteiger partial charge on any atom is 0.358 e. The lowest BCUT2D eigenvalue weighted by molar-refractivity contribution is 0.0344. The predicted molar refractivity (Wildman–Crippen MR) is 74.8 cm³/mol. The highest BCUT2D eigenvalue weighted by Crippen LogP contribution is 2.24. The lowest BCUT2D eigenvalue weighted by atomic mass is 10.0. The third kappa shape index (κ3) is 3.10. The number of hydrogen-bond acceptors (Lipinski definition) is 5. The summed E-state index contributed by atoms with van der Waals surface area (Å²) in [5.41, 5.74) is -0.154. The van der Waals surface area contributed by atoms with Crippen LogP contribution in [0.3, 0.4) is 0 Å². The normalized spacial score (nSPS) is 14.1. The fourth-order valence-electron chi connectivity index (χ4n) is 1.95. The molecule has 8 nitrogen and oxygen atoms in total. The first-order valence-corrected chi connectivity index (χ1v) is 6.80. The van der Waals surface area contributed by atoms with Gasteiger partial charge >= 0.3 is 5.97 Å². The summed E-state index contributed by atoms with van der Waals surface area (Å²) in [6.45, 7) is 6.30. The van der Waals surface area contributed by atoms with Crippen LogP contribution in [0.25, 0.3) is 11.3 Å². The van der Waals surface area contributed by atoms with Crippen molar-refractivity contribution in [3.63, 3.8) is 0 Å². The van der Waals surface area contributed by atoms with E-state index in [1.807, 2.05) is 13.8 Å².